The molecule has 0 bridgehead atoms. The van der Waals surface area contributed by atoms with E-state index < -0.39 is 0 Å². The summed E-state index contributed by atoms with van der Waals surface area (Å²) in [5.41, 5.74) is 5.57. The van der Waals surface area contributed by atoms with Gasteiger partial charge in [-0.3, -0.25) is 9.58 Å². The Labute approximate surface area is 175 Å². The van der Waals surface area contributed by atoms with Crippen molar-refractivity contribution in [1.29, 1.82) is 0 Å². The highest BCUT2D eigenvalue weighted by molar-refractivity contribution is 5.52. The van der Waals surface area contributed by atoms with Crippen LogP contribution < -0.4 is 4.90 Å². The average molecular weight is 406 g/mol. The normalized spacial score (nSPS) is 17.2. The topological polar surface area (TPSA) is 85.1 Å². The van der Waals surface area contributed by atoms with Crippen molar-refractivity contribution in [3.05, 3.63) is 47.4 Å². The summed E-state index contributed by atoms with van der Waals surface area (Å²) in [6, 6.07) is 0. The molecule has 3 aromatic rings. The maximum Gasteiger partial charge on any atom is 0.162 e. The number of aromatic nitrogens is 6. The van der Waals surface area contributed by atoms with Crippen molar-refractivity contribution in [3.8, 4) is 11.4 Å². The predicted octanol–water partition coefficient (Wildman–Crippen LogP) is 1.37. The first kappa shape index (κ1) is 19.1. The summed E-state index contributed by atoms with van der Waals surface area (Å²) >= 11 is 0. The Balaban J connectivity index is 1.35. The second-order valence-corrected chi connectivity index (χ2v) is 7.86. The molecule has 5 rings (SSSR count). The number of ether oxygens (including phenoxy) is 1. The van der Waals surface area contributed by atoms with Gasteiger partial charge in [0.1, 0.15) is 12.1 Å². The lowest BCUT2D eigenvalue weighted by Crippen LogP contribution is -2.38. The largest absolute Gasteiger partial charge is 0.378 e. The SMILES string of the molecule is Cc1nn(C)c(N2CCOCC2)c1CN1CCc2nc(-c3cncnc3)ncc2C1. The molecule has 3 aromatic heterocycles. The molecule has 9 heteroatoms. The Bertz CT molecular complexity index is 1030. The third-order valence-corrected chi connectivity index (χ3v) is 5.84. The molecule has 0 aromatic carbocycles. The van der Waals surface area contributed by atoms with Gasteiger partial charge in [-0.25, -0.2) is 19.9 Å². The first-order valence-corrected chi connectivity index (χ1v) is 10.4. The van der Waals surface area contributed by atoms with Crippen LogP contribution in [0.5, 0.6) is 0 Å². The Morgan fingerprint density at radius 1 is 1.07 bits per heavy atom. The van der Waals surface area contributed by atoms with Crippen LogP contribution in [0, 0.1) is 6.92 Å². The Morgan fingerprint density at radius 2 is 1.87 bits per heavy atom. The van der Waals surface area contributed by atoms with Crippen LogP contribution in [0.25, 0.3) is 11.4 Å². The number of morpholine rings is 1. The smallest absolute Gasteiger partial charge is 0.162 e. The van der Waals surface area contributed by atoms with Crippen LogP contribution in [0.1, 0.15) is 22.5 Å². The van der Waals surface area contributed by atoms with E-state index >= 15 is 0 Å². The Kier molecular flexibility index (Phi) is 5.14. The fourth-order valence-electron chi connectivity index (χ4n) is 4.33. The van der Waals surface area contributed by atoms with Crippen molar-refractivity contribution in [2.75, 3.05) is 37.7 Å². The van der Waals surface area contributed by atoms with Gasteiger partial charge in [0.25, 0.3) is 0 Å². The molecule has 0 radical (unpaired) electrons. The van der Waals surface area contributed by atoms with Crippen molar-refractivity contribution in [2.45, 2.75) is 26.4 Å². The third-order valence-electron chi connectivity index (χ3n) is 5.84. The first-order valence-electron chi connectivity index (χ1n) is 10.4. The first-order chi connectivity index (χ1) is 14.7. The minimum Gasteiger partial charge on any atom is -0.378 e. The summed E-state index contributed by atoms with van der Waals surface area (Å²) in [5.74, 6) is 1.91. The van der Waals surface area contributed by atoms with E-state index in [1.54, 1.807) is 12.4 Å². The molecule has 30 heavy (non-hydrogen) atoms. The summed E-state index contributed by atoms with van der Waals surface area (Å²) in [4.78, 5) is 22.3. The zero-order valence-electron chi connectivity index (χ0n) is 17.5. The summed E-state index contributed by atoms with van der Waals surface area (Å²) in [6.07, 6.45) is 7.89. The van der Waals surface area contributed by atoms with Crippen molar-refractivity contribution >= 4 is 5.82 Å². The molecular weight excluding hydrogens is 380 g/mol. The van der Waals surface area contributed by atoms with Crippen LogP contribution >= 0.6 is 0 Å². The van der Waals surface area contributed by atoms with Gasteiger partial charge >= 0.3 is 0 Å². The van der Waals surface area contributed by atoms with E-state index in [0.29, 0.717) is 5.82 Å². The van der Waals surface area contributed by atoms with Crippen molar-refractivity contribution in [2.24, 2.45) is 7.05 Å². The summed E-state index contributed by atoms with van der Waals surface area (Å²) in [7, 11) is 2.04. The quantitative estimate of drug-likeness (QED) is 0.642. The van der Waals surface area contributed by atoms with E-state index in [1.165, 1.54) is 23.3 Å². The van der Waals surface area contributed by atoms with Gasteiger partial charge < -0.3 is 9.64 Å². The van der Waals surface area contributed by atoms with Crippen LogP contribution in [-0.2, 0) is 31.3 Å². The maximum absolute atomic E-state index is 5.53. The molecule has 156 valence electrons. The minimum atomic E-state index is 0.695. The number of hydrogen-bond acceptors (Lipinski definition) is 8. The molecule has 0 spiro atoms. The highest BCUT2D eigenvalue weighted by atomic mass is 16.5. The van der Waals surface area contributed by atoms with E-state index in [9.17, 15) is 0 Å². The van der Waals surface area contributed by atoms with E-state index in [4.69, 9.17) is 14.8 Å². The molecule has 9 nitrogen and oxygen atoms in total. The van der Waals surface area contributed by atoms with Gasteiger partial charge in [0, 0.05) is 75.9 Å². The molecule has 0 saturated carbocycles. The van der Waals surface area contributed by atoms with Gasteiger partial charge in [-0.1, -0.05) is 0 Å². The molecule has 5 heterocycles. The summed E-state index contributed by atoms with van der Waals surface area (Å²) < 4.78 is 7.55. The second kappa shape index (κ2) is 8.08. The monoisotopic (exact) mass is 406 g/mol. The van der Waals surface area contributed by atoms with E-state index in [2.05, 4.69) is 31.7 Å². The number of fused-ring (bicyclic) bond motifs is 1. The number of aryl methyl sites for hydroxylation is 2. The van der Waals surface area contributed by atoms with Crippen molar-refractivity contribution < 1.29 is 4.74 Å². The van der Waals surface area contributed by atoms with Gasteiger partial charge in [-0.2, -0.15) is 5.10 Å². The van der Waals surface area contributed by atoms with Gasteiger partial charge in [-0.05, 0) is 6.92 Å². The minimum absolute atomic E-state index is 0.695. The summed E-state index contributed by atoms with van der Waals surface area (Å²) in [6.45, 7) is 8.15. The van der Waals surface area contributed by atoms with Gasteiger partial charge in [0.2, 0.25) is 0 Å². The summed E-state index contributed by atoms with van der Waals surface area (Å²) in [5, 5.41) is 4.71. The number of nitrogens with zero attached hydrogens (tertiary/aromatic N) is 8. The number of anilines is 1. The molecule has 0 unspecified atom stereocenters. The van der Waals surface area contributed by atoms with Gasteiger partial charge in [0.05, 0.1) is 30.2 Å². The molecular formula is C21H26N8O. The van der Waals surface area contributed by atoms with Crippen molar-refractivity contribution in [1.82, 2.24) is 34.6 Å². The third kappa shape index (κ3) is 3.66. The standard InChI is InChI=1S/C21H26N8O/c1-15-18(21(27(2)26-15)29-5-7-30-8-6-29)13-28-4-3-19-17(12-28)11-24-20(25-19)16-9-22-14-23-10-16/h9-11,14H,3-8,12-13H2,1-2H3. The number of hydrogen-bond donors (Lipinski definition) is 0. The van der Waals surface area contributed by atoms with E-state index in [0.717, 1.165) is 69.3 Å². The number of rotatable bonds is 4. The fourth-order valence-corrected chi connectivity index (χ4v) is 4.33. The second-order valence-electron chi connectivity index (χ2n) is 7.86. The molecule has 2 aliphatic rings. The fraction of sp³-hybridized carbons (Fsp3) is 0.476. The maximum atomic E-state index is 5.53. The van der Waals surface area contributed by atoms with Crippen LogP contribution in [0.15, 0.2) is 24.9 Å². The lowest BCUT2D eigenvalue weighted by Gasteiger charge is -2.32. The molecule has 0 N–H and O–H groups in total. The van der Waals surface area contributed by atoms with Gasteiger partial charge in [-0.15, -0.1) is 0 Å². The van der Waals surface area contributed by atoms with E-state index in [1.807, 2.05) is 17.9 Å². The lowest BCUT2D eigenvalue weighted by molar-refractivity contribution is 0.122. The van der Waals surface area contributed by atoms with E-state index in [-0.39, 0.29) is 0 Å². The Hall–Kier alpha value is -2.91. The lowest BCUT2D eigenvalue weighted by atomic mass is 10.1. The Morgan fingerprint density at radius 3 is 2.67 bits per heavy atom. The van der Waals surface area contributed by atoms with Crippen LogP contribution in [0.2, 0.25) is 0 Å². The zero-order valence-corrected chi connectivity index (χ0v) is 17.5. The molecule has 1 fully saturated rings. The molecule has 2 aliphatic heterocycles. The molecule has 0 amide bonds. The van der Waals surface area contributed by atoms with Gasteiger partial charge in [0.15, 0.2) is 5.82 Å². The van der Waals surface area contributed by atoms with Crippen LogP contribution in [-0.4, -0.2) is 67.5 Å². The van der Waals surface area contributed by atoms with Crippen molar-refractivity contribution in [3.63, 3.8) is 0 Å². The average Bonchev–Trinajstić information content (AvgIpc) is 3.07. The molecule has 1 saturated heterocycles. The predicted molar refractivity (Wildman–Crippen MR) is 112 cm³/mol. The molecule has 0 atom stereocenters. The zero-order chi connectivity index (χ0) is 20.5. The van der Waals surface area contributed by atoms with Crippen LogP contribution in [0.4, 0.5) is 5.82 Å². The molecule has 0 aliphatic carbocycles. The highest BCUT2D eigenvalue weighted by Gasteiger charge is 2.25. The van der Waals surface area contributed by atoms with Crippen LogP contribution in [0.3, 0.4) is 0 Å². The highest BCUT2D eigenvalue weighted by Crippen LogP contribution is 2.28.